The molecule has 1 aliphatic heterocycles. The second-order valence-corrected chi connectivity index (χ2v) is 11.1. The summed E-state index contributed by atoms with van der Waals surface area (Å²) in [5.41, 5.74) is 2.03. The third kappa shape index (κ3) is 3.40. The molecule has 0 aliphatic carbocycles. The number of hydrogen-bond donors (Lipinski definition) is 0. The Morgan fingerprint density at radius 2 is 1.24 bits per heavy atom. The predicted octanol–water partition coefficient (Wildman–Crippen LogP) is 6.02. The maximum absolute atomic E-state index is 14.2. The minimum atomic E-state index is -4.09. The zero-order valence-electron chi connectivity index (χ0n) is 18.4. The molecular formula is C28H22BrNO3S. The molecular weight excluding hydrogens is 510 g/mol. The van der Waals surface area contributed by atoms with Crippen LogP contribution in [0.1, 0.15) is 28.3 Å². The van der Waals surface area contributed by atoms with Gasteiger partial charge in [-0.25, -0.2) is 12.7 Å². The Morgan fingerprint density at radius 1 is 0.735 bits per heavy atom. The molecule has 1 amide bonds. The van der Waals surface area contributed by atoms with Gasteiger partial charge in [0.1, 0.15) is 5.41 Å². The lowest BCUT2D eigenvalue weighted by Gasteiger charge is -2.55. The number of carbonyl (C=O) groups is 1. The van der Waals surface area contributed by atoms with E-state index >= 15 is 0 Å². The maximum Gasteiger partial charge on any atom is 0.267 e. The highest BCUT2D eigenvalue weighted by Crippen LogP contribution is 2.57. The van der Waals surface area contributed by atoms with Crippen molar-refractivity contribution in [2.45, 2.75) is 23.3 Å². The number of β-lactam (4-membered cyclic amide) rings is 1. The van der Waals surface area contributed by atoms with Gasteiger partial charge < -0.3 is 0 Å². The van der Waals surface area contributed by atoms with Gasteiger partial charge in [-0.15, -0.1) is 0 Å². The predicted molar refractivity (Wildman–Crippen MR) is 136 cm³/mol. The van der Waals surface area contributed by atoms with Crippen LogP contribution in [0.15, 0.2) is 119 Å². The van der Waals surface area contributed by atoms with E-state index in [-0.39, 0.29) is 4.90 Å². The van der Waals surface area contributed by atoms with Crippen LogP contribution >= 0.6 is 15.9 Å². The molecule has 170 valence electrons. The van der Waals surface area contributed by atoms with Gasteiger partial charge in [-0.05, 0) is 47.9 Å². The molecule has 0 bridgehead atoms. The van der Waals surface area contributed by atoms with Gasteiger partial charge in [-0.3, -0.25) is 4.79 Å². The van der Waals surface area contributed by atoms with Crippen molar-refractivity contribution in [3.8, 4) is 0 Å². The molecule has 6 heteroatoms. The fourth-order valence-corrected chi connectivity index (χ4v) is 6.64. The summed E-state index contributed by atoms with van der Waals surface area (Å²) in [6, 6.07) is 32.2. The summed E-state index contributed by atoms with van der Waals surface area (Å²) in [5.74, 6) is -0.460. The van der Waals surface area contributed by atoms with Gasteiger partial charge in [0.05, 0.1) is 10.9 Å². The summed E-state index contributed by atoms with van der Waals surface area (Å²) >= 11 is 3.46. The highest BCUT2D eigenvalue weighted by Gasteiger charge is 2.67. The standard InChI is InChI=1S/C28H22BrNO3S/c1-20-12-18-25(19-13-20)34(32,33)30-26(21-14-16-24(29)17-15-21)28(27(30)31,22-8-4-2-5-9-22)23-10-6-3-7-11-23/h2-19,26H,1H3. The van der Waals surface area contributed by atoms with E-state index < -0.39 is 27.4 Å². The number of nitrogens with zero attached hydrogens (tertiary/aromatic N) is 1. The van der Waals surface area contributed by atoms with Crippen molar-refractivity contribution in [3.05, 3.63) is 136 Å². The summed E-state index contributed by atoms with van der Waals surface area (Å²) in [5, 5.41) is 0. The molecule has 1 fully saturated rings. The summed E-state index contributed by atoms with van der Waals surface area (Å²) < 4.78 is 29.6. The number of aryl methyl sites for hydroxylation is 1. The van der Waals surface area contributed by atoms with Crippen LogP contribution in [-0.4, -0.2) is 18.6 Å². The first-order chi connectivity index (χ1) is 16.4. The number of benzene rings is 4. The first kappa shape index (κ1) is 22.6. The minimum Gasteiger partial charge on any atom is -0.272 e. The van der Waals surface area contributed by atoms with E-state index in [0.717, 1.165) is 31.0 Å². The summed E-state index contributed by atoms with van der Waals surface area (Å²) in [6.45, 7) is 1.89. The Bertz CT molecular complexity index is 1400. The minimum absolute atomic E-state index is 0.100. The Kier molecular flexibility index (Phi) is 5.66. The fraction of sp³-hybridized carbons (Fsp3) is 0.107. The second-order valence-electron chi connectivity index (χ2n) is 8.41. The molecule has 4 aromatic rings. The van der Waals surface area contributed by atoms with Crippen LogP contribution in [-0.2, 0) is 20.2 Å². The van der Waals surface area contributed by atoms with Crippen LogP contribution in [0.3, 0.4) is 0 Å². The molecule has 1 aliphatic rings. The van der Waals surface area contributed by atoms with Crippen molar-refractivity contribution in [1.82, 2.24) is 4.31 Å². The van der Waals surface area contributed by atoms with E-state index in [1.165, 1.54) is 0 Å². The Hall–Kier alpha value is -3.22. The normalized spacial score (nSPS) is 17.3. The van der Waals surface area contributed by atoms with E-state index in [1.54, 1.807) is 24.3 Å². The zero-order valence-corrected chi connectivity index (χ0v) is 20.8. The van der Waals surface area contributed by atoms with Gasteiger partial charge in [0.2, 0.25) is 0 Å². The van der Waals surface area contributed by atoms with Gasteiger partial charge in [0.25, 0.3) is 15.9 Å². The summed E-state index contributed by atoms with van der Waals surface area (Å²) in [4.78, 5) is 14.3. The van der Waals surface area contributed by atoms with Crippen LogP contribution in [0.25, 0.3) is 0 Å². The molecule has 5 rings (SSSR count). The lowest BCUT2D eigenvalue weighted by atomic mass is 9.61. The quantitative estimate of drug-likeness (QED) is 0.296. The van der Waals surface area contributed by atoms with E-state index in [2.05, 4.69) is 15.9 Å². The summed E-state index contributed by atoms with van der Waals surface area (Å²) in [7, 11) is -4.09. The summed E-state index contributed by atoms with van der Waals surface area (Å²) in [6.07, 6.45) is 0. The number of carbonyl (C=O) groups excluding carboxylic acids is 1. The SMILES string of the molecule is Cc1ccc(S(=O)(=O)N2C(=O)C(c3ccccc3)(c3ccccc3)C2c2ccc(Br)cc2)cc1. The van der Waals surface area contributed by atoms with Crippen LogP contribution in [0, 0.1) is 6.92 Å². The van der Waals surface area contributed by atoms with Crippen molar-refractivity contribution in [2.75, 3.05) is 0 Å². The van der Waals surface area contributed by atoms with Gasteiger partial charge >= 0.3 is 0 Å². The Labute approximate surface area is 208 Å². The van der Waals surface area contributed by atoms with Gasteiger partial charge in [-0.1, -0.05) is 106 Å². The van der Waals surface area contributed by atoms with Crippen LogP contribution in [0.4, 0.5) is 0 Å². The molecule has 1 saturated heterocycles. The number of sulfonamides is 1. The fourth-order valence-electron chi connectivity index (χ4n) is 4.75. The van der Waals surface area contributed by atoms with E-state index in [0.29, 0.717) is 0 Å². The van der Waals surface area contributed by atoms with Crippen molar-refractivity contribution in [2.24, 2.45) is 0 Å². The number of amides is 1. The van der Waals surface area contributed by atoms with Crippen molar-refractivity contribution in [3.63, 3.8) is 0 Å². The topological polar surface area (TPSA) is 54.5 Å². The van der Waals surface area contributed by atoms with Crippen LogP contribution in [0.5, 0.6) is 0 Å². The molecule has 0 saturated carbocycles. The Morgan fingerprint density at radius 3 is 1.74 bits per heavy atom. The van der Waals surface area contributed by atoms with Crippen LogP contribution in [0.2, 0.25) is 0 Å². The van der Waals surface area contributed by atoms with E-state index in [4.69, 9.17) is 0 Å². The van der Waals surface area contributed by atoms with Crippen molar-refractivity contribution >= 4 is 31.9 Å². The first-order valence-electron chi connectivity index (χ1n) is 10.9. The van der Waals surface area contributed by atoms with Crippen molar-refractivity contribution < 1.29 is 13.2 Å². The zero-order chi connectivity index (χ0) is 23.9. The number of hydrogen-bond acceptors (Lipinski definition) is 3. The first-order valence-corrected chi connectivity index (χ1v) is 13.1. The van der Waals surface area contributed by atoms with Gasteiger partial charge in [-0.2, -0.15) is 0 Å². The molecule has 0 spiro atoms. The van der Waals surface area contributed by atoms with E-state index in [1.807, 2.05) is 91.9 Å². The highest BCUT2D eigenvalue weighted by molar-refractivity contribution is 9.10. The molecule has 0 radical (unpaired) electrons. The average molecular weight is 532 g/mol. The van der Waals surface area contributed by atoms with Crippen molar-refractivity contribution in [1.29, 1.82) is 0 Å². The van der Waals surface area contributed by atoms with Gasteiger partial charge in [0, 0.05) is 4.47 Å². The average Bonchev–Trinajstić information content (AvgIpc) is 2.85. The molecule has 4 aromatic carbocycles. The Balaban J connectivity index is 1.78. The van der Waals surface area contributed by atoms with E-state index in [9.17, 15) is 13.2 Å². The number of halogens is 1. The van der Waals surface area contributed by atoms with Crippen LogP contribution < -0.4 is 0 Å². The molecule has 0 N–H and O–H groups in total. The van der Waals surface area contributed by atoms with Gasteiger partial charge in [0.15, 0.2) is 0 Å². The molecule has 34 heavy (non-hydrogen) atoms. The maximum atomic E-state index is 14.2. The lowest BCUT2D eigenvalue weighted by Crippen LogP contribution is -2.68. The second kappa shape index (κ2) is 8.53. The highest BCUT2D eigenvalue weighted by atomic mass is 79.9. The molecule has 0 aromatic heterocycles. The lowest BCUT2D eigenvalue weighted by molar-refractivity contribution is -0.147. The molecule has 4 nitrogen and oxygen atoms in total. The third-order valence-corrected chi connectivity index (χ3v) is 8.70. The monoisotopic (exact) mass is 531 g/mol. The smallest absolute Gasteiger partial charge is 0.267 e. The molecule has 1 heterocycles. The number of rotatable bonds is 5. The molecule has 1 atom stereocenters. The largest absolute Gasteiger partial charge is 0.272 e. The molecule has 1 unspecified atom stereocenters. The third-order valence-electron chi connectivity index (χ3n) is 6.40.